The molecule has 1 amide bonds. The first-order valence-corrected chi connectivity index (χ1v) is 11.5. The second-order valence-corrected chi connectivity index (χ2v) is 8.58. The van der Waals surface area contributed by atoms with Crippen LogP contribution in [0, 0.1) is 13.8 Å². The topological polar surface area (TPSA) is 76.9 Å². The number of nitrogens with zero attached hydrogens (tertiary/aromatic N) is 4. The van der Waals surface area contributed by atoms with Gasteiger partial charge in [0.25, 0.3) is 5.91 Å². The summed E-state index contributed by atoms with van der Waals surface area (Å²) in [7, 11) is 1.63. The quantitative estimate of drug-likeness (QED) is 0.399. The summed E-state index contributed by atoms with van der Waals surface area (Å²) in [6, 6.07) is 23.7. The molecule has 1 atom stereocenters. The average Bonchev–Trinajstić information content (AvgIpc) is 3.34. The van der Waals surface area contributed by atoms with Crippen molar-refractivity contribution in [1.82, 2.24) is 15.2 Å². The summed E-state index contributed by atoms with van der Waals surface area (Å²) >= 11 is 0. The van der Waals surface area contributed by atoms with E-state index in [1.807, 2.05) is 50.2 Å². The summed E-state index contributed by atoms with van der Waals surface area (Å²) in [5.41, 5.74) is 4.61. The van der Waals surface area contributed by atoms with Crippen LogP contribution in [0.15, 0.2) is 77.9 Å². The van der Waals surface area contributed by atoms with E-state index >= 15 is 0 Å². The van der Waals surface area contributed by atoms with E-state index in [1.165, 1.54) is 5.01 Å². The van der Waals surface area contributed by atoms with E-state index in [0.29, 0.717) is 12.3 Å². The molecule has 7 nitrogen and oxygen atoms in total. The van der Waals surface area contributed by atoms with Gasteiger partial charge in [-0.2, -0.15) is 10.2 Å². The molecule has 0 saturated heterocycles. The molecule has 0 spiro atoms. The molecule has 1 unspecified atom stereocenters. The Bertz CT molecular complexity index is 1420. The van der Waals surface area contributed by atoms with Gasteiger partial charge < -0.3 is 9.47 Å². The minimum Gasteiger partial charge on any atom is -0.497 e. The number of amides is 1. The first-order valence-electron chi connectivity index (χ1n) is 11.5. The van der Waals surface area contributed by atoms with Crippen LogP contribution in [0.2, 0.25) is 0 Å². The third kappa shape index (κ3) is 4.71. The van der Waals surface area contributed by atoms with Crippen LogP contribution in [0.3, 0.4) is 0 Å². The Morgan fingerprint density at radius 1 is 0.971 bits per heavy atom. The van der Waals surface area contributed by atoms with Gasteiger partial charge >= 0.3 is 0 Å². The highest BCUT2D eigenvalue weighted by Crippen LogP contribution is 2.34. The molecule has 1 aromatic heterocycles. The van der Waals surface area contributed by atoms with Crippen LogP contribution in [-0.2, 0) is 4.79 Å². The Morgan fingerprint density at radius 3 is 2.49 bits per heavy atom. The van der Waals surface area contributed by atoms with Crippen molar-refractivity contribution in [3.05, 3.63) is 95.2 Å². The molecule has 4 aromatic rings. The van der Waals surface area contributed by atoms with Crippen molar-refractivity contribution in [3.8, 4) is 11.6 Å². The van der Waals surface area contributed by atoms with E-state index in [1.54, 1.807) is 13.2 Å². The molecule has 2 heterocycles. The van der Waals surface area contributed by atoms with Crippen LogP contribution in [-0.4, -0.2) is 40.5 Å². The van der Waals surface area contributed by atoms with Gasteiger partial charge in [-0.15, -0.1) is 5.10 Å². The van der Waals surface area contributed by atoms with E-state index in [4.69, 9.17) is 14.6 Å². The molecule has 0 N–H and O–H groups in total. The number of carbonyl (C=O) groups is 1. The second-order valence-electron chi connectivity index (χ2n) is 8.58. The third-order valence-corrected chi connectivity index (χ3v) is 6.30. The average molecular weight is 467 g/mol. The number of aromatic nitrogens is 2. The molecule has 35 heavy (non-hydrogen) atoms. The summed E-state index contributed by atoms with van der Waals surface area (Å²) in [5.74, 6) is 0.832. The van der Waals surface area contributed by atoms with Crippen LogP contribution in [0.5, 0.6) is 11.6 Å². The molecule has 1 aliphatic rings. The van der Waals surface area contributed by atoms with Crippen molar-refractivity contribution in [1.29, 1.82) is 0 Å². The summed E-state index contributed by atoms with van der Waals surface area (Å²) < 4.78 is 11.0. The molecule has 0 aliphatic carbocycles. The smallest absolute Gasteiger partial charge is 0.281 e. The summed E-state index contributed by atoms with van der Waals surface area (Å²) in [5, 5.41) is 16.7. The number of fused-ring (bicyclic) bond motifs is 1. The lowest BCUT2D eigenvalue weighted by molar-refractivity contribution is -0.135. The van der Waals surface area contributed by atoms with Crippen LogP contribution < -0.4 is 9.47 Å². The Hall–Kier alpha value is -4.26. The maximum atomic E-state index is 13.3. The van der Waals surface area contributed by atoms with Crippen molar-refractivity contribution >= 4 is 22.4 Å². The number of rotatable bonds is 6. The van der Waals surface area contributed by atoms with Crippen molar-refractivity contribution in [2.75, 3.05) is 13.7 Å². The summed E-state index contributed by atoms with van der Waals surface area (Å²) in [6.07, 6.45) is 0.597. The minimum absolute atomic E-state index is 0.182. The first-order chi connectivity index (χ1) is 17.0. The molecule has 7 heteroatoms. The van der Waals surface area contributed by atoms with E-state index in [2.05, 4.69) is 40.5 Å². The number of ether oxygens (including phenoxy) is 2. The molecule has 0 fully saturated rings. The number of carbonyl (C=O) groups excluding carboxylic acids is 1. The highest BCUT2D eigenvalue weighted by atomic mass is 16.5. The van der Waals surface area contributed by atoms with E-state index in [0.717, 1.165) is 44.6 Å². The minimum atomic E-state index is -0.248. The summed E-state index contributed by atoms with van der Waals surface area (Å²) in [6.45, 7) is 3.63. The van der Waals surface area contributed by atoms with Gasteiger partial charge in [0.05, 0.1) is 24.6 Å². The molecule has 3 aromatic carbocycles. The third-order valence-electron chi connectivity index (χ3n) is 6.30. The molecular formula is C28H26N4O3. The second kappa shape index (κ2) is 9.54. The molecule has 5 rings (SSSR count). The number of hydrazone groups is 1. The van der Waals surface area contributed by atoms with Crippen LogP contribution in [0.1, 0.15) is 34.8 Å². The van der Waals surface area contributed by atoms with Gasteiger partial charge in [0, 0.05) is 12.5 Å². The molecule has 0 bridgehead atoms. The number of methoxy groups -OCH3 is 1. The van der Waals surface area contributed by atoms with Gasteiger partial charge in [0.1, 0.15) is 5.75 Å². The van der Waals surface area contributed by atoms with E-state index in [9.17, 15) is 4.79 Å². The van der Waals surface area contributed by atoms with Crippen LogP contribution in [0.4, 0.5) is 0 Å². The van der Waals surface area contributed by atoms with Crippen molar-refractivity contribution in [3.63, 3.8) is 0 Å². The van der Waals surface area contributed by atoms with Gasteiger partial charge in [-0.25, -0.2) is 5.01 Å². The Kier molecular flexibility index (Phi) is 6.14. The Balaban J connectivity index is 1.43. The van der Waals surface area contributed by atoms with Crippen molar-refractivity contribution < 1.29 is 14.3 Å². The highest BCUT2D eigenvalue weighted by molar-refractivity contribution is 6.05. The summed E-state index contributed by atoms with van der Waals surface area (Å²) in [4.78, 5) is 13.3. The van der Waals surface area contributed by atoms with Gasteiger partial charge in [0.15, 0.2) is 6.61 Å². The highest BCUT2D eigenvalue weighted by Gasteiger charge is 2.33. The predicted molar refractivity (Wildman–Crippen MR) is 135 cm³/mol. The molecule has 1 aliphatic heterocycles. The monoisotopic (exact) mass is 466 g/mol. The lowest BCUT2D eigenvalue weighted by Gasteiger charge is -2.22. The Morgan fingerprint density at radius 2 is 1.74 bits per heavy atom. The lowest BCUT2D eigenvalue weighted by Crippen LogP contribution is -2.31. The molecule has 0 radical (unpaired) electrons. The number of hydrogen-bond donors (Lipinski definition) is 0. The maximum Gasteiger partial charge on any atom is 0.281 e. The number of benzene rings is 3. The zero-order valence-electron chi connectivity index (χ0n) is 19.9. The standard InChI is InChI=1S/C28H26N4O3/c1-18-14-27(30-29-19(18)2)35-17-28(33)32-26(21-10-12-24(34-3)13-11-21)16-25(31-32)23-9-8-20-6-4-5-7-22(20)15-23/h4-15,26H,16-17H2,1-3H3. The molecular weight excluding hydrogens is 440 g/mol. The number of aryl methyl sites for hydroxylation is 2. The fourth-order valence-electron chi connectivity index (χ4n) is 4.16. The zero-order chi connectivity index (χ0) is 24.4. The van der Waals surface area contributed by atoms with Crippen molar-refractivity contribution in [2.45, 2.75) is 26.3 Å². The Labute approximate surface area is 204 Å². The normalized spacial score (nSPS) is 15.2. The SMILES string of the molecule is COc1ccc(C2CC(c3ccc4ccccc4c3)=NN2C(=O)COc2cc(C)c(C)nn2)cc1. The molecule has 0 saturated carbocycles. The van der Waals surface area contributed by atoms with Crippen LogP contribution >= 0.6 is 0 Å². The fraction of sp³-hybridized carbons (Fsp3) is 0.214. The van der Waals surface area contributed by atoms with Gasteiger partial charge in [-0.05, 0) is 59.5 Å². The lowest BCUT2D eigenvalue weighted by atomic mass is 9.97. The maximum absolute atomic E-state index is 13.3. The van der Waals surface area contributed by atoms with Gasteiger partial charge in [-0.3, -0.25) is 4.79 Å². The zero-order valence-corrected chi connectivity index (χ0v) is 19.9. The number of hydrogen-bond acceptors (Lipinski definition) is 6. The fourth-order valence-corrected chi connectivity index (χ4v) is 4.16. The van der Waals surface area contributed by atoms with Crippen molar-refractivity contribution in [2.24, 2.45) is 5.10 Å². The van der Waals surface area contributed by atoms with Gasteiger partial charge in [-0.1, -0.05) is 48.5 Å². The first kappa shape index (κ1) is 22.5. The van der Waals surface area contributed by atoms with E-state index in [-0.39, 0.29) is 18.6 Å². The van der Waals surface area contributed by atoms with Gasteiger partial charge in [0.2, 0.25) is 5.88 Å². The van der Waals surface area contributed by atoms with Crippen LogP contribution in [0.25, 0.3) is 10.8 Å². The van der Waals surface area contributed by atoms with E-state index < -0.39 is 0 Å². The largest absolute Gasteiger partial charge is 0.497 e. The molecule has 176 valence electrons. The predicted octanol–water partition coefficient (Wildman–Crippen LogP) is 5.01.